The van der Waals surface area contributed by atoms with Crippen molar-refractivity contribution in [2.75, 3.05) is 13.1 Å². The van der Waals surface area contributed by atoms with Crippen LogP contribution in [0.1, 0.15) is 33.2 Å². The molecule has 0 bridgehead atoms. The van der Waals surface area contributed by atoms with Gasteiger partial charge in [-0.25, -0.2) is 0 Å². The Morgan fingerprint density at radius 1 is 1.07 bits per heavy atom. The van der Waals surface area contributed by atoms with Crippen LogP contribution in [0, 0.1) is 5.41 Å². The summed E-state index contributed by atoms with van der Waals surface area (Å²) in [7, 11) is 0. The lowest BCUT2D eigenvalue weighted by atomic mass is 9.78. The Kier molecular flexibility index (Phi) is 4.10. The summed E-state index contributed by atoms with van der Waals surface area (Å²) < 4.78 is 0. The number of nitrogens with zero attached hydrogens (tertiary/aromatic N) is 2. The monoisotopic (exact) mass is 386 g/mol. The fourth-order valence-corrected chi connectivity index (χ4v) is 4.60. The van der Waals surface area contributed by atoms with E-state index in [0.717, 1.165) is 16.8 Å². The summed E-state index contributed by atoms with van der Waals surface area (Å²) in [6.07, 6.45) is 1.84. The third kappa shape index (κ3) is 2.87. The second-order valence-corrected chi connectivity index (χ2v) is 8.12. The van der Waals surface area contributed by atoms with E-state index in [1.165, 1.54) is 0 Å². The Balaban J connectivity index is 1.43. The van der Waals surface area contributed by atoms with Gasteiger partial charge in [0.05, 0.1) is 28.9 Å². The van der Waals surface area contributed by atoms with Gasteiger partial charge in [-0.3, -0.25) is 19.6 Å². The normalized spacial score (nSPS) is 24.0. The average Bonchev–Trinajstić information content (AvgIpc) is 3.31. The number of benzene rings is 2. The number of amides is 1. The lowest BCUT2D eigenvalue weighted by molar-refractivity contribution is 0.0789. The molecular weight excluding hydrogens is 364 g/mol. The van der Waals surface area contributed by atoms with Crippen molar-refractivity contribution in [1.29, 1.82) is 0 Å². The van der Waals surface area contributed by atoms with Gasteiger partial charge in [-0.15, -0.1) is 0 Å². The lowest BCUT2D eigenvalue weighted by Crippen LogP contribution is -2.47. The Labute approximate surface area is 168 Å². The number of hydrogen-bond acceptors (Lipinski definition) is 4. The second-order valence-electron chi connectivity index (χ2n) is 8.12. The first-order valence-corrected chi connectivity index (χ1v) is 9.81. The van der Waals surface area contributed by atoms with Gasteiger partial charge in [0.2, 0.25) is 0 Å². The van der Waals surface area contributed by atoms with Crippen molar-refractivity contribution in [3.63, 3.8) is 0 Å². The molecule has 2 aliphatic heterocycles. The standard InChI is InChI=1S/C23H22N4O2/c1-23-14-27(12-16-11-24-26-20(16)15-7-3-2-4-8-15)13-19(23)25-22(29)18-10-6-5-9-17(18)21(23)28/h2-11,19H,12-14H2,1H3,(H,24,26)(H,25,29)/t19-,23+/m1/s1. The number of ketones is 1. The molecule has 0 aliphatic carbocycles. The largest absolute Gasteiger partial charge is 0.347 e. The van der Waals surface area contributed by atoms with Crippen molar-refractivity contribution in [1.82, 2.24) is 20.4 Å². The van der Waals surface area contributed by atoms with Crippen LogP contribution >= 0.6 is 0 Å². The molecule has 2 aliphatic rings. The maximum absolute atomic E-state index is 13.4. The number of nitrogens with one attached hydrogen (secondary N) is 2. The van der Waals surface area contributed by atoms with Crippen molar-refractivity contribution in [2.24, 2.45) is 5.41 Å². The summed E-state index contributed by atoms with van der Waals surface area (Å²) in [5.74, 6) is -0.132. The number of likely N-dealkylation sites (tertiary alicyclic amines) is 1. The molecule has 1 saturated heterocycles. The molecule has 2 N–H and O–H groups in total. The van der Waals surface area contributed by atoms with Crippen LogP contribution in [0.5, 0.6) is 0 Å². The third-order valence-electron chi connectivity index (χ3n) is 6.18. The highest BCUT2D eigenvalue weighted by atomic mass is 16.2. The zero-order valence-corrected chi connectivity index (χ0v) is 16.2. The van der Waals surface area contributed by atoms with Gasteiger partial charge in [-0.05, 0) is 18.6 Å². The molecule has 2 aromatic carbocycles. The van der Waals surface area contributed by atoms with Gasteiger partial charge in [0.25, 0.3) is 5.91 Å². The molecule has 2 atom stereocenters. The molecule has 6 heteroatoms. The predicted octanol–water partition coefficient (Wildman–Crippen LogP) is 2.89. The third-order valence-corrected chi connectivity index (χ3v) is 6.18. The van der Waals surface area contributed by atoms with Crippen LogP contribution in [0.4, 0.5) is 0 Å². The van der Waals surface area contributed by atoms with Crippen LogP contribution in [-0.4, -0.2) is 45.9 Å². The highest BCUT2D eigenvalue weighted by molar-refractivity contribution is 6.12. The van der Waals surface area contributed by atoms with Gasteiger partial charge >= 0.3 is 0 Å². The minimum absolute atomic E-state index is 0.0365. The van der Waals surface area contributed by atoms with Crippen LogP contribution in [0.2, 0.25) is 0 Å². The van der Waals surface area contributed by atoms with Crippen molar-refractivity contribution < 1.29 is 9.59 Å². The number of Topliss-reactive ketones (excluding diaryl/α,β-unsaturated/α-hetero) is 1. The first-order valence-electron chi connectivity index (χ1n) is 9.81. The number of carbonyl (C=O) groups excluding carboxylic acids is 2. The summed E-state index contributed by atoms with van der Waals surface area (Å²) in [6.45, 7) is 3.85. The molecule has 0 spiro atoms. The SMILES string of the molecule is C[C@]12CN(Cc3cn[nH]c3-c3ccccc3)C[C@H]1NC(=O)c1ccccc1C2=O. The van der Waals surface area contributed by atoms with Crippen molar-refractivity contribution in [2.45, 2.75) is 19.5 Å². The maximum Gasteiger partial charge on any atom is 0.252 e. The van der Waals surface area contributed by atoms with E-state index in [-0.39, 0.29) is 17.7 Å². The topological polar surface area (TPSA) is 78.1 Å². The molecule has 5 rings (SSSR count). The quantitative estimate of drug-likeness (QED) is 0.726. The number of aromatic amines is 1. The molecule has 0 radical (unpaired) electrons. The van der Waals surface area contributed by atoms with Gasteiger partial charge in [0.15, 0.2) is 5.78 Å². The van der Waals surface area contributed by atoms with Crippen LogP contribution in [0.15, 0.2) is 60.8 Å². The first kappa shape index (κ1) is 17.8. The Morgan fingerprint density at radius 3 is 2.59 bits per heavy atom. The van der Waals surface area contributed by atoms with E-state index in [9.17, 15) is 9.59 Å². The van der Waals surface area contributed by atoms with Crippen molar-refractivity contribution in [3.8, 4) is 11.3 Å². The summed E-state index contributed by atoms with van der Waals surface area (Å²) in [5, 5.41) is 10.4. The molecule has 1 aromatic heterocycles. The van der Waals surface area contributed by atoms with E-state index < -0.39 is 5.41 Å². The lowest BCUT2D eigenvalue weighted by Gasteiger charge is -2.27. The van der Waals surface area contributed by atoms with Crippen LogP contribution < -0.4 is 5.32 Å². The van der Waals surface area contributed by atoms with E-state index in [0.29, 0.717) is 30.8 Å². The molecule has 29 heavy (non-hydrogen) atoms. The maximum atomic E-state index is 13.4. The van der Waals surface area contributed by atoms with Crippen LogP contribution in [-0.2, 0) is 6.54 Å². The number of carbonyl (C=O) groups is 2. The van der Waals surface area contributed by atoms with Gasteiger partial charge in [0, 0.05) is 30.8 Å². The summed E-state index contributed by atoms with van der Waals surface area (Å²) >= 11 is 0. The second kappa shape index (κ2) is 6.67. The smallest absolute Gasteiger partial charge is 0.252 e. The zero-order chi connectivity index (χ0) is 20.0. The van der Waals surface area contributed by atoms with Gasteiger partial charge in [0.1, 0.15) is 0 Å². The fourth-order valence-electron chi connectivity index (χ4n) is 4.60. The molecule has 6 nitrogen and oxygen atoms in total. The summed E-state index contributed by atoms with van der Waals surface area (Å²) in [4.78, 5) is 28.3. The number of rotatable bonds is 3. The van der Waals surface area contributed by atoms with E-state index >= 15 is 0 Å². The van der Waals surface area contributed by atoms with Gasteiger partial charge in [-0.2, -0.15) is 5.10 Å². The molecule has 1 fully saturated rings. The molecule has 3 aromatic rings. The Hall–Kier alpha value is -3.25. The molecule has 3 heterocycles. The number of H-pyrrole nitrogens is 1. The summed E-state index contributed by atoms with van der Waals surface area (Å²) in [5.41, 5.74) is 3.49. The average molecular weight is 386 g/mol. The molecule has 146 valence electrons. The molecule has 0 saturated carbocycles. The van der Waals surface area contributed by atoms with Crippen molar-refractivity contribution >= 4 is 11.7 Å². The number of fused-ring (bicyclic) bond motifs is 2. The highest BCUT2D eigenvalue weighted by Crippen LogP contribution is 2.38. The van der Waals surface area contributed by atoms with E-state index in [4.69, 9.17) is 0 Å². The Morgan fingerprint density at radius 2 is 1.79 bits per heavy atom. The molecule has 0 unspecified atom stereocenters. The van der Waals surface area contributed by atoms with Crippen LogP contribution in [0.3, 0.4) is 0 Å². The van der Waals surface area contributed by atoms with Gasteiger partial charge in [-0.1, -0.05) is 48.5 Å². The Bertz CT molecular complexity index is 1090. The molecular formula is C23H22N4O2. The van der Waals surface area contributed by atoms with E-state index in [1.54, 1.807) is 18.2 Å². The van der Waals surface area contributed by atoms with E-state index in [1.807, 2.05) is 49.5 Å². The minimum Gasteiger partial charge on any atom is -0.347 e. The minimum atomic E-state index is -0.654. The first-order chi connectivity index (χ1) is 14.1. The number of hydrogen-bond donors (Lipinski definition) is 2. The van der Waals surface area contributed by atoms with Crippen molar-refractivity contribution in [3.05, 3.63) is 77.5 Å². The van der Waals surface area contributed by atoms with Crippen LogP contribution in [0.25, 0.3) is 11.3 Å². The van der Waals surface area contributed by atoms with E-state index in [2.05, 4.69) is 20.4 Å². The van der Waals surface area contributed by atoms with Gasteiger partial charge < -0.3 is 5.32 Å². The zero-order valence-electron chi connectivity index (χ0n) is 16.2. The molecule has 1 amide bonds. The summed E-state index contributed by atoms with van der Waals surface area (Å²) in [6, 6.07) is 17.0. The predicted molar refractivity (Wildman–Crippen MR) is 109 cm³/mol. The highest BCUT2D eigenvalue weighted by Gasteiger charge is 2.51. The number of aromatic nitrogens is 2. The fraction of sp³-hybridized carbons (Fsp3) is 0.261.